The Hall–Kier alpha value is -4.88. The first-order valence-corrected chi connectivity index (χ1v) is 17.1. The van der Waals surface area contributed by atoms with Crippen molar-refractivity contribution in [2.45, 2.75) is 78.6 Å². The molecule has 0 spiro atoms. The number of benzene rings is 4. The fourth-order valence-corrected chi connectivity index (χ4v) is 6.08. The normalized spacial score (nSPS) is 12.8. The number of hydrogen-bond donors (Lipinski definition) is 0. The smallest absolute Gasteiger partial charge is 0.130 e. The van der Waals surface area contributed by atoms with Crippen molar-refractivity contribution in [1.82, 2.24) is 9.97 Å². The van der Waals surface area contributed by atoms with Crippen molar-refractivity contribution in [3.8, 4) is 39.7 Å². The van der Waals surface area contributed by atoms with Crippen molar-refractivity contribution in [3.05, 3.63) is 144 Å². The minimum absolute atomic E-state index is 0. The van der Waals surface area contributed by atoms with Crippen molar-refractivity contribution in [2.24, 2.45) is 0 Å². The quantitative estimate of drug-likeness (QED) is 0.166. The van der Waals surface area contributed by atoms with Crippen molar-refractivity contribution >= 4 is 21.9 Å². The summed E-state index contributed by atoms with van der Waals surface area (Å²) in [6.07, 6.45) is 1.58. The summed E-state index contributed by atoms with van der Waals surface area (Å²) in [7, 11) is 0. The molecule has 0 N–H and O–H groups in total. The first-order chi connectivity index (χ1) is 25.8. The summed E-state index contributed by atoms with van der Waals surface area (Å²) in [6.45, 7) is 19.5. The van der Waals surface area contributed by atoms with E-state index in [0.29, 0.717) is 11.1 Å². The summed E-state index contributed by atoms with van der Waals surface area (Å²) in [4.78, 5) is 8.64. The van der Waals surface area contributed by atoms with Crippen LogP contribution in [0.5, 0.6) is 0 Å². The van der Waals surface area contributed by atoms with Gasteiger partial charge in [-0.1, -0.05) is 128 Å². The van der Waals surface area contributed by atoms with E-state index in [1.165, 1.54) is 5.56 Å². The SMILES string of the molecule is CC(C)(C)c1ccnc(-c2[c-]cc(C(C)(C)C)c3c2oc2c(-c4ccccc4)c(C#N)ccc23)c1.[2H]c1nc(-c2[c-]cc(C(C)(C)C)cc2)c([2H])c([2H])c1[2H].[Ir]. The summed E-state index contributed by atoms with van der Waals surface area (Å²) in [5.41, 5.74) is 9.72. The first kappa shape index (κ1) is 33.0. The zero-order chi connectivity index (χ0) is 40.0. The van der Waals surface area contributed by atoms with Crippen LogP contribution in [0.15, 0.2) is 114 Å². The molecule has 7 rings (SSSR count). The van der Waals surface area contributed by atoms with Gasteiger partial charge in [0.05, 0.1) is 22.7 Å². The molecule has 0 aliphatic heterocycles. The van der Waals surface area contributed by atoms with E-state index in [0.717, 1.165) is 55.4 Å². The monoisotopic (exact) mass is 864 g/mol. The molecule has 52 heavy (non-hydrogen) atoms. The maximum absolute atomic E-state index is 9.93. The van der Waals surface area contributed by atoms with Crippen LogP contribution in [0.25, 0.3) is 55.6 Å². The predicted molar refractivity (Wildman–Crippen MR) is 211 cm³/mol. The summed E-state index contributed by atoms with van der Waals surface area (Å²) in [5, 5.41) is 12.0. The summed E-state index contributed by atoms with van der Waals surface area (Å²) in [6, 6.07) is 34.0. The number of hydrogen-bond acceptors (Lipinski definition) is 4. The predicted octanol–water partition coefficient (Wildman–Crippen LogP) is 12.4. The Kier molecular flexibility index (Phi) is 9.51. The first-order valence-electron chi connectivity index (χ1n) is 19.1. The summed E-state index contributed by atoms with van der Waals surface area (Å²) < 4.78 is 37.3. The molecule has 0 unspecified atom stereocenters. The van der Waals surface area contributed by atoms with Crippen LogP contribution in [-0.4, -0.2) is 9.97 Å². The molecule has 0 bridgehead atoms. The molecular weight excluding hydrogens is 815 g/mol. The third kappa shape index (κ3) is 7.95. The van der Waals surface area contributed by atoms with Crippen molar-refractivity contribution < 1.29 is 30.0 Å². The van der Waals surface area contributed by atoms with Gasteiger partial charge in [-0.2, -0.15) is 5.26 Å². The van der Waals surface area contributed by atoms with Gasteiger partial charge in [-0.25, -0.2) is 0 Å². The van der Waals surface area contributed by atoms with Crippen LogP contribution in [0.1, 0.15) is 90.1 Å². The van der Waals surface area contributed by atoms with Crippen molar-refractivity contribution in [2.75, 3.05) is 0 Å². The number of rotatable bonds is 3. The molecule has 7 aromatic rings. The molecule has 3 heterocycles. The van der Waals surface area contributed by atoms with E-state index in [9.17, 15) is 5.26 Å². The third-order valence-corrected chi connectivity index (χ3v) is 8.99. The van der Waals surface area contributed by atoms with Gasteiger partial charge in [-0.15, -0.1) is 53.1 Å². The number of fused-ring (bicyclic) bond motifs is 3. The molecule has 0 fully saturated rings. The Balaban J connectivity index is 0.000000244. The number of pyridine rings is 2. The average Bonchev–Trinajstić information content (AvgIpc) is 3.54. The summed E-state index contributed by atoms with van der Waals surface area (Å²) >= 11 is 0. The minimum atomic E-state index is -0.315. The van der Waals surface area contributed by atoms with Crippen molar-refractivity contribution in [1.29, 1.82) is 5.26 Å². The molecule has 0 saturated heterocycles. The molecule has 4 nitrogen and oxygen atoms in total. The number of furan rings is 1. The molecular formula is C47H45IrN3O-2. The third-order valence-electron chi connectivity index (χ3n) is 8.99. The fourth-order valence-electron chi connectivity index (χ4n) is 6.08. The minimum Gasteiger partial charge on any atom is -0.500 e. The maximum atomic E-state index is 9.93. The Labute approximate surface area is 327 Å². The average molecular weight is 864 g/mol. The van der Waals surface area contributed by atoms with Gasteiger partial charge in [0, 0.05) is 43.4 Å². The number of nitriles is 1. The molecule has 265 valence electrons. The maximum Gasteiger partial charge on any atom is 0.130 e. The van der Waals surface area contributed by atoms with Crippen molar-refractivity contribution in [3.63, 3.8) is 0 Å². The zero-order valence-corrected chi connectivity index (χ0v) is 33.6. The van der Waals surface area contributed by atoms with Crippen LogP contribution in [0, 0.1) is 23.5 Å². The Morgan fingerprint density at radius 2 is 1.46 bits per heavy atom. The Bertz CT molecular complexity index is 2590. The van der Waals surface area contributed by atoms with E-state index in [-0.39, 0.29) is 66.3 Å². The number of nitrogens with zero attached hydrogens (tertiary/aromatic N) is 3. The van der Waals surface area contributed by atoms with Gasteiger partial charge < -0.3 is 14.4 Å². The van der Waals surface area contributed by atoms with Gasteiger partial charge in [-0.05, 0) is 56.9 Å². The second-order valence-electron chi connectivity index (χ2n) is 15.8. The van der Waals surface area contributed by atoms with Crippen LogP contribution in [0.3, 0.4) is 0 Å². The van der Waals surface area contributed by atoms with E-state index in [1.807, 2.05) is 60.8 Å². The Morgan fingerprint density at radius 1 is 0.731 bits per heavy atom. The molecule has 1 radical (unpaired) electrons. The summed E-state index contributed by atoms with van der Waals surface area (Å²) in [5.74, 6) is 0. The van der Waals surface area contributed by atoms with Crippen LogP contribution in [0.2, 0.25) is 0 Å². The van der Waals surface area contributed by atoms with Gasteiger partial charge in [0.25, 0.3) is 0 Å². The Morgan fingerprint density at radius 3 is 2.10 bits per heavy atom. The van der Waals surface area contributed by atoms with Gasteiger partial charge in [0.15, 0.2) is 0 Å². The molecule has 0 aliphatic carbocycles. The molecule has 5 heteroatoms. The van der Waals surface area contributed by atoms with Crippen LogP contribution in [0.4, 0.5) is 0 Å². The fraction of sp³-hybridized carbons (Fsp3) is 0.255. The van der Waals surface area contributed by atoms with E-state index < -0.39 is 0 Å². The van der Waals surface area contributed by atoms with Gasteiger partial charge >= 0.3 is 0 Å². The molecule has 4 aromatic carbocycles. The van der Waals surface area contributed by atoms with Crippen LogP contribution in [-0.2, 0) is 36.4 Å². The molecule has 0 aliphatic rings. The van der Waals surface area contributed by atoms with E-state index in [4.69, 9.17) is 14.9 Å². The standard InChI is InChI=1S/C32H29N2O.C15H16N.Ir/c1-31(2,3)22-16-17-34-26(18-22)23-14-15-25(32(4,5)6)28-24-13-12-21(19-33)27(30(24)35-29(23)28)20-10-8-7-9-11-20;1-15(2,3)13-9-7-12(8-10-13)14-6-4-5-11-16-14;/h7-13,15-18H,1-6H3;4-7,9-11H,1-3H3;/q2*-1;/i;4D,5D,6D,11D;. The molecule has 0 amide bonds. The van der Waals surface area contributed by atoms with E-state index >= 15 is 0 Å². The topological polar surface area (TPSA) is 62.7 Å². The van der Waals surface area contributed by atoms with E-state index in [1.54, 1.807) is 6.07 Å². The second-order valence-corrected chi connectivity index (χ2v) is 15.8. The van der Waals surface area contributed by atoms with Gasteiger partial charge in [0.2, 0.25) is 0 Å². The zero-order valence-electron chi connectivity index (χ0n) is 35.2. The largest absolute Gasteiger partial charge is 0.500 e. The van der Waals surface area contributed by atoms with E-state index in [2.05, 4.69) is 104 Å². The van der Waals surface area contributed by atoms with Gasteiger partial charge in [-0.3, -0.25) is 0 Å². The van der Waals surface area contributed by atoms with Gasteiger partial charge in [0.1, 0.15) is 5.58 Å². The number of aromatic nitrogens is 2. The molecule has 3 aromatic heterocycles. The van der Waals surface area contributed by atoms with Crippen LogP contribution >= 0.6 is 0 Å². The molecule has 0 atom stereocenters. The second kappa shape index (κ2) is 15.0. The molecule has 0 saturated carbocycles. The van der Waals surface area contributed by atoms with Crippen LogP contribution < -0.4 is 0 Å².